The summed E-state index contributed by atoms with van der Waals surface area (Å²) in [6.45, 7) is 11.1. The molecule has 0 aliphatic carbocycles. The predicted octanol–water partition coefficient (Wildman–Crippen LogP) is 0.427. The first-order valence-electron chi connectivity index (χ1n) is 33.8. The monoisotopic (exact) mass is 1370 g/mol. The normalized spacial score (nSPS) is 14.4. The summed E-state index contributed by atoms with van der Waals surface area (Å²) < 4.78 is 0. The van der Waals surface area contributed by atoms with Crippen LogP contribution in [-0.4, -0.2) is 179 Å². The molecule has 0 radical (unpaired) electrons. The molecule has 9 amide bonds. The number of rotatable bonds is 44. The highest BCUT2D eigenvalue weighted by molar-refractivity contribution is 5.99. The Morgan fingerprint density at radius 3 is 1.42 bits per heavy atom. The molecule has 23 N–H and O–H groups in total. The van der Waals surface area contributed by atoms with E-state index in [4.69, 9.17) is 34.4 Å². The SMILES string of the molecule is CC(C)[C@H](NC(=O)[C@H](Cc1ccc(O)cc1)NC(=O)[C@H](Cc1ccccc1)NC(=O)[C@H](CCCN=C(N)N)N(C)C(=O)[C@H](N)CCCCN)C(=O)N[C@H](C(=O)N[C@H](C(=O)N[C@@H](Cc1c[nH]c2ccccc12)C(=O)N[C@@H](CCCCN)C(=O)N[C@H](CCCCN)C(=O)O)C(C)C)C(C)C. The van der Waals surface area contributed by atoms with Crippen LogP contribution in [0.5, 0.6) is 5.75 Å². The highest BCUT2D eigenvalue weighted by Crippen LogP contribution is 2.21. The number of guanidine groups is 1. The highest BCUT2D eigenvalue weighted by Gasteiger charge is 2.39. The van der Waals surface area contributed by atoms with Gasteiger partial charge in [0.05, 0.1) is 6.04 Å². The molecule has 4 aromatic rings. The van der Waals surface area contributed by atoms with E-state index < -0.39 is 137 Å². The third kappa shape index (κ3) is 26.7. The first kappa shape index (κ1) is 81.2. The molecule has 29 nitrogen and oxygen atoms in total. The highest BCUT2D eigenvalue weighted by atomic mass is 16.4. The molecule has 98 heavy (non-hydrogen) atoms. The number of carbonyl (C=O) groups excluding carboxylic acids is 9. The Hall–Kier alpha value is -9.19. The Morgan fingerprint density at radius 2 is 0.898 bits per heavy atom. The van der Waals surface area contributed by atoms with Crippen LogP contribution in [0.25, 0.3) is 10.9 Å². The van der Waals surface area contributed by atoms with Crippen LogP contribution in [0, 0.1) is 17.8 Å². The molecule has 0 aliphatic heterocycles. The third-order valence-electron chi connectivity index (χ3n) is 16.9. The number of phenols is 1. The molecule has 10 atom stereocenters. The Kier molecular flexibility index (Phi) is 34.7. The number of para-hydroxylation sites is 1. The summed E-state index contributed by atoms with van der Waals surface area (Å²) in [6.07, 6.45) is 5.17. The third-order valence-corrected chi connectivity index (χ3v) is 16.9. The Bertz CT molecular complexity index is 3250. The maximum Gasteiger partial charge on any atom is 0.326 e. The van der Waals surface area contributed by atoms with Crippen molar-refractivity contribution in [1.29, 1.82) is 0 Å². The second kappa shape index (κ2) is 41.8. The summed E-state index contributed by atoms with van der Waals surface area (Å²) in [5.41, 5.74) is 37.1. The number of nitrogens with two attached hydrogens (primary N) is 6. The van der Waals surface area contributed by atoms with E-state index in [1.54, 1.807) is 90.2 Å². The van der Waals surface area contributed by atoms with Gasteiger partial charge in [0.15, 0.2) is 5.96 Å². The molecule has 0 bridgehead atoms. The second-order valence-electron chi connectivity index (χ2n) is 25.8. The maximum atomic E-state index is 14.9. The minimum absolute atomic E-state index is 0.0596. The zero-order valence-electron chi connectivity index (χ0n) is 57.7. The molecule has 0 spiro atoms. The predicted molar refractivity (Wildman–Crippen MR) is 375 cm³/mol. The number of benzene rings is 3. The van der Waals surface area contributed by atoms with Gasteiger partial charge in [0, 0.05) is 50.0 Å². The number of unbranched alkanes of at least 4 members (excludes halogenated alkanes) is 3. The number of aromatic amines is 1. The fraction of sp³-hybridized carbons (Fsp3) is 0.551. The number of hydrogen-bond donors (Lipinski definition) is 17. The van der Waals surface area contributed by atoms with Crippen molar-refractivity contribution in [3.8, 4) is 5.75 Å². The molecule has 0 saturated carbocycles. The zero-order valence-corrected chi connectivity index (χ0v) is 57.7. The van der Waals surface area contributed by atoms with Crippen LogP contribution in [0.15, 0.2) is 90.1 Å². The average molecular weight is 1370 g/mol. The number of carboxylic acid groups (broad SMARTS) is 1. The van der Waals surface area contributed by atoms with E-state index in [1.165, 1.54) is 24.1 Å². The smallest absolute Gasteiger partial charge is 0.326 e. The van der Waals surface area contributed by atoms with Crippen molar-refractivity contribution in [2.75, 3.05) is 33.2 Å². The molecule has 1 heterocycles. The lowest BCUT2D eigenvalue weighted by Crippen LogP contribution is -2.62. The quantitative estimate of drug-likeness (QED) is 0.0162. The number of carboxylic acids is 1. The number of aliphatic imine (C=N–C) groups is 1. The summed E-state index contributed by atoms with van der Waals surface area (Å²) in [5, 5.41) is 43.1. The molecule has 0 unspecified atom stereocenters. The van der Waals surface area contributed by atoms with E-state index in [0.29, 0.717) is 74.7 Å². The number of carbonyl (C=O) groups is 10. The van der Waals surface area contributed by atoms with Crippen molar-refractivity contribution < 1.29 is 58.2 Å². The maximum absolute atomic E-state index is 14.9. The molecular weight excluding hydrogens is 1260 g/mol. The van der Waals surface area contributed by atoms with Gasteiger partial charge in [-0.05, 0) is 136 Å². The van der Waals surface area contributed by atoms with Gasteiger partial charge in [0.25, 0.3) is 0 Å². The molecular formula is C69H107N17O12. The van der Waals surface area contributed by atoms with E-state index in [0.717, 1.165) is 10.9 Å². The van der Waals surface area contributed by atoms with Crippen molar-refractivity contribution in [3.63, 3.8) is 0 Å². The first-order chi connectivity index (χ1) is 46.6. The van der Waals surface area contributed by atoms with Crippen LogP contribution < -0.4 is 76.9 Å². The number of amides is 9. The van der Waals surface area contributed by atoms with Gasteiger partial charge in [0.2, 0.25) is 53.2 Å². The summed E-state index contributed by atoms with van der Waals surface area (Å²) in [5.74, 6) is -10.2. The lowest BCUT2D eigenvalue weighted by Gasteiger charge is -2.32. The summed E-state index contributed by atoms with van der Waals surface area (Å²) in [4.78, 5) is 151. The molecule has 1 aromatic heterocycles. The number of aromatic hydroxyl groups is 1. The fourth-order valence-electron chi connectivity index (χ4n) is 11.1. The van der Waals surface area contributed by atoms with Crippen LogP contribution in [-0.2, 0) is 67.2 Å². The first-order valence-corrected chi connectivity index (χ1v) is 33.8. The lowest BCUT2D eigenvalue weighted by atomic mass is 9.97. The largest absolute Gasteiger partial charge is 0.508 e. The molecule has 4 rings (SSSR count). The number of H-pyrrole nitrogens is 1. The van der Waals surface area contributed by atoms with Gasteiger partial charge in [0.1, 0.15) is 60.1 Å². The fourth-order valence-corrected chi connectivity index (χ4v) is 11.1. The van der Waals surface area contributed by atoms with Gasteiger partial charge in [-0.25, -0.2) is 4.79 Å². The summed E-state index contributed by atoms with van der Waals surface area (Å²) in [6, 6.07) is 9.13. The second-order valence-corrected chi connectivity index (χ2v) is 25.8. The molecule has 540 valence electrons. The van der Waals surface area contributed by atoms with E-state index in [9.17, 15) is 58.2 Å². The number of hydrogen-bond acceptors (Lipinski definition) is 16. The van der Waals surface area contributed by atoms with Crippen LogP contribution in [0.2, 0.25) is 0 Å². The molecule has 0 saturated heterocycles. The van der Waals surface area contributed by atoms with Crippen molar-refractivity contribution in [1.82, 2.24) is 52.4 Å². The topological polar surface area (TPSA) is 495 Å². The van der Waals surface area contributed by atoms with Crippen molar-refractivity contribution in [2.45, 2.75) is 192 Å². The Morgan fingerprint density at radius 1 is 0.480 bits per heavy atom. The van der Waals surface area contributed by atoms with Gasteiger partial charge < -0.3 is 97.0 Å². The number of aliphatic carboxylic acids is 1. The van der Waals surface area contributed by atoms with Crippen molar-refractivity contribution in [2.24, 2.45) is 57.1 Å². The van der Waals surface area contributed by atoms with Crippen LogP contribution in [0.4, 0.5) is 0 Å². The standard InChI is InChI=1S/C69H107N17O12/c1-40(2)56(64(93)82-54(38-45-39-77-49-24-12-11-22-47(45)49)61(90)78-50(25-14-17-33-71)59(88)79-51(68(97)98)26-15-18-34-72)84-66(95)58(42(5)6)85-65(94)57(41(3)4)83-62(91)53(37-44-28-30-46(87)31-29-44)80-60(89)52(36-43-20-9-8-10-21-43)81-63(92)55(27-19-35-76-69(74)75)86(7)67(96)48(73)23-13-16-32-70/h8-12,20-22,24,28-31,39-42,48,50-58,77,87H,13-19,23,25-27,32-38,70-73H2,1-7H3,(H,78,90)(H,79,88)(H,80,89)(H,81,92)(H,82,93)(H,83,91)(H,84,95)(H,85,94)(H,97,98)(H4,74,75,76)/t48-,50+,51-,52+,53+,54+,55+,56+,57+,58+/m1/s1. The molecule has 3 aromatic carbocycles. The number of phenolic OH excluding ortho intramolecular Hbond substituents is 1. The summed E-state index contributed by atoms with van der Waals surface area (Å²) in [7, 11) is 1.44. The number of nitrogens with one attached hydrogen (secondary N) is 9. The Balaban J connectivity index is 1.64. The van der Waals surface area contributed by atoms with Gasteiger partial charge in [-0.15, -0.1) is 0 Å². The van der Waals surface area contributed by atoms with Gasteiger partial charge in [-0.3, -0.25) is 48.1 Å². The minimum Gasteiger partial charge on any atom is -0.508 e. The number of aromatic nitrogens is 1. The van der Waals surface area contributed by atoms with E-state index in [2.05, 4.69) is 52.5 Å². The van der Waals surface area contributed by atoms with Gasteiger partial charge in [-0.1, -0.05) is 109 Å². The van der Waals surface area contributed by atoms with E-state index in [1.807, 2.05) is 24.3 Å². The zero-order chi connectivity index (χ0) is 72.6. The lowest BCUT2D eigenvalue weighted by molar-refractivity contribution is -0.142. The van der Waals surface area contributed by atoms with E-state index in [-0.39, 0.29) is 69.7 Å². The molecule has 0 fully saturated rings. The number of likely N-dealkylation sites (N-methyl/N-ethyl adjacent to an activating group) is 1. The Labute approximate surface area is 574 Å². The van der Waals surface area contributed by atoms with Crippen molar-refractivity contribution >= 4 is 76.0 Å². The van der Waals surface area contributed by atoms with Crippen molar-refractivity contribution in [3.05, 3.63) is 102 Å². The number of nitrogens with zero attached hydrogens (tertiary/aromatic N) is 2. The van der Waals surface area contributed by atoms with Gasteiger partial charge in [-0.2, -0.15) is 0 Å². The molecule has 0 aliphatic rings. The minimum atomic E-state index is -1.45. The molecule has 29 heteroatoms. The average Bonchev–Trinajstić information content (AvgIpc) is 1.56. The van der Waals surface area contributed by atoms with Gasteiger partial charge >= 0.3 is 5.97 Å². The van der Waals surface area contributed by atoms with Crippen LogP contribution >= 0.6 is 0 Å². The van der Waals surface area contributed by atoms with E-state index >= 15 is 0 Å². The number of fused-ring (bicyclic) bond motifs is 1. The van der Waals surface area contributed by atoms with Crippen LogP contribution in [0.1, 0.15) is 129 Å². The van der Waals surface area contributed by atoms with Crippen LogP contribution in [0.3, 0.4) is 0 Å². The summed E-state index contributed by atoms with van der Waals surface area (Å²) >= 11 is 0.